The lowest BCUT2D eigenvalue weighted by Gasteiger charge is -2.29. The summed E-state index contributed by atoms with van der Waals surface area (Å²) in [5.74, 6) is 0.442. The predicted octanol–water partition coefficient (Wildman–Crippen LogP) is 3.84. The summed E-state index contributed by atoms with van der Waals surface area (Å²) in [7, 11) is 1.61. The minimum atomic E-state index is -4.50. The Balaban J connectivity index is 1.61. The molecule has 3 rings (SSSR count). The number of hydrogen-bond donors (Lipinski definition) is 1. The highest BCUT2D eigenvalue weighted by atomic mass is 19.4. The highest BCUT2D eigenvalue weighted by molar-refractivity contribution is 5.84. The molecule has 1 aliphatic rings. The Labute approximate surface area is 196 Å². The van der Waals surface area contributed by atoms with Gasteiger partial charge in [-0.2, -0.15) is 13.2 Å². The van der Waals surface area contributed by atoms with Crippen molar-refractivity contribution in [3.05, 3.63) is 35.8 Å². The summed E-state index contributed by atoms with van der Waals surface area (Å²) in [4.78, 5) is 27.1. The topological polar surface area (TPSA) is 98.6 Å². The zero-order chi connectivity index (χ0) is 24.7. The summed E-state index contributed by atoms with van der Waals surface area (Å²) >= 11 is 0. The number of carbonyl (C=O) groups is 1. The molecule has 0 saturated heterocycles. The molecule has 2 heterocycles. The minimum Gasteiger partial charge on any atom is -0.474 e. The van der Waals surface area contributed by atoms with Gasteiger partial charge in [-0.3, -0.25) is 9.79 Å². The van der Waals surface area contributed by atoms with Crippen molar-refractivity contribution in [1.82, 2.24) is 20.3 Å². The van der Waals surface area contributed by atoms with Gasteiger partial charge in [0, 0.05) is 50.4 Å². The molecule has 8 nitrogen and oxygen atoms in total. The van der Waals surface area contributed by atoms with Crippen molar-refractivity contribution in [2.45, 2.75) is 64.0 Å². The fourth-order valence-corrected chi connectivity index (χ4v) is 3.69. The van der Waals surface area contributed by atoms with E-state index in [0.717, 1.165) is 38.1 Å². The van der Waals surface area contributed by atoms with Crippen molar-refractivity contribution >= 4 is 12.1 Å². The van der Waals surface area contributed by atoms with Crippen LogP contribution in [0.25, 0.3) is 11.4 Å². The van der Waals surface area contributed by atoms with E-state index in [1.54, 1.807) is 19.3 Å². The van der Waals surface area contributed by atoms with E-state index >= 15 is 0 Å². The van der Waals surface area contributed by atoms with E-state index in [4.69, 9.17) is 9.47 Å². The molecule has 0 unspecified atom stereocenters. The van der Waals surface area contributed by atoms with Crippen molar-refractivity contribution in [2.75, 3.05) is 13.7 Å². The highest BCUT2D eigenvalue weighted by Gasteiger charge is 2.31. The molecule has 184 valence electrons. The van der Waals surface area contributed by atoms with Gasteiger partial charge >= 0.3 is 6.18 Å². The molecule has 1 saturated carbocycles. The van der Waals surface area contributed by atoms with Crippen LogP contribution < -0.4 is 10.1 Å². The number of rotatable bonds is 8. The summed E-state index contributed by atoms with van der Waals surface area (Å²) in [5, 5.41) is 2.80. The third-order valence-corrected chi connectivity index (χ3v) is 5.32. The first-order valence-electron chi connectivity index (χ1n) is 11.0. The summed E-state index contributed by atoms with van der Waals surface area (Å²) in [6.45, 7) is 3.84. The second kappa shape index (κ2) is 11.4. The van der Waals surface area contributed by atoms with Gasteiger partial charge in [-0.15, -0.1) is 0 Å². The van der Waals surface area contributed by atoms with Crippen molar-refractivity contribution in [3.8, 4) is 17.3 Å². The molecular weight excluding hydrogens is 451 g/mol. The predicted molar refractivity (Wildman–Crippen MR) is 120 cm³/mol. The smallest absolute Gasteiger partial charge is 0.419 e. The third kappa shape index (κ3) is 7.21. The van der Waals surface area contributed by atoms with Gasteiger partial charge in [0.1, 0.15) is 6.10 Å². The summed E-state index contributed by atoms with van der Waals surface area (Å²) in [6, 6.07) is 1.65. The average molecular weight is 480 g/mol. The largest absolute Gasteiger partial charge is 0.474 e. The third-order valence-electron chi connectivity index (χ3n) is 5.32. The van der Waals surface area contributed by atoms with Crippen molar-refractivity contribution in [2.24, 2.45) is 4.99 Å². The molecule has 0 radical (unpaired) electrons. The summed E-state index contributed by atoms with van der Waals surface area (Å²) in [6.07, 6.45) is 3.34. The lowest BCUT2D eigenvalue weighted by atomic mass is 9.95. The number of hydrogen-bond acceptors (Lipinski definition) is 7. The number of ether oxygens (including phenoxy) is 2. The van der Waals surface area contributed by atoms with Gasteiger partial charge in [-0.1, -0.05) is 0 Å². The number of halogens is 3. The molecule has 2 aromatic heterocycles. The maximum absolute atomic E-state index is 12.8. The molecular formula is C23H28F3N5O3. The maximum atomic E-state index is 12.8. The lowest BCUT2D eigenvalue weighted by molar-refractivity contribution is -0.138. The van der Waals surface area contributed by atoms with Crippen LogP contribution in [0.4, 0.5) is 13.2 Å². The molecule has 1 fully saturated rings. The first-order chi connectivity index (χ1) is 16.2. The van der Waals surface area contributed by atoms with E-state index in [9.17, 15) is 18.0 Å². The van der Waals surface area contributed by atoms with Gasteiger partial charge in [0.2, 0.25) is 11.8 Å². The zero-order valence-electron chi connectivity index (χ0n) is 19.3. The molecule has 1 atom stereocenters. The molecule has 1 amide bonds. The maximum Gasteiger partial charge on any atom is 0.419 e. The Morgan fingerprint density at radius 1 is 1.18 bits per heavy atom. The van der Waals surface area contributed by atoms with Gasteiger partial charge in [0.15, 0.2) is 5.82 Å². The average Bonchev–Trinajstić information content (AvgIpc) is 2.79. The number of nitrogens with one attached hydrogen (secondary N) is 1. The summed E-state index contributed by atoms with van der Waals surface area (Å²) < 4.78 is 50.3. The van der Waals surface area contributed by atoms with Crippen LogP contribution >= 0.6 is 0 Å². The zero-order valence-corrected chi connectivity index (χ0v) is 19.3. The van der Waals surface area contributed by atoms with Gasteiger partial charge in [-0.25, -0.2) is 15.0 Å². The van der Waals surface area contributed by atoms with Crippen LogP contribution in [0.2, 0.25) is 0 Å². The molecule has 0 aromatic carbocycles. The lowest BCUT2D eigenvalue weighted by Crippen LogP contribution is -2.37. The SMILES string of the molecule is CN=Cc1cc(-c2ncc(C(F)(F)F)cn2)cnc1OC1CCC(OC[C@H](C)NC(C)=O)CC1. The molecule has 2 aromatic rings. The summed E-state index contributed by atoms with van der Waals surface area (Å²) in [5.41, 5.74) is 0.135. The Morgan fingerprint density at radius 2 is 1.82 bits per heavy atom. The number of amides is 1. The van der Waals surface area contributed by atoms with Gasteiger partial charge < -0.3 is 14.8 Å². The van der Waals surface area contributed by atoms with Gasteiger partial charge in [-0.05, 0) is 38.7 Å². The molecule has 0 bridgehead atoms. The van der Waals surface area contributed by atoms with Crippen LogP contribution in [-0.4, -0.2) is 59.0 Å². The van der Waals surface area contributed by atoms with E-state index in [1.165, 1.54) is 13.1 Å². The number of pyridine rings is 1. The van der Waals surface area contributed by atoms with Crippen LogP contribution in [0.1, 0.15) is 50.7 Å². The van der Waals surface area contributed by atoms with Gasteiger partial charge in [0.25, 0.3) is 0 Å². The Hall–Kier alpha value is -3.08. The fraction of sp³-hybridized carbons (Fsp3) is 0.522. The normalized spacial score (nSPS) is 19.7. The van der Waals surface area contributed by atoms with Crippen molar-refractivity contribution in [3.63, 3.8) is 0 Å². The van der Waals surface area contributed by atoms with Crippen LogP contribution in [-0.2, 0) is 15.7 Å². The van der Waals surface area contributed by atoms with Gasteiger partial charge in [0.05, 0.1) is 23.8 Å². The Bertz CT molecular complexity index is 990. The first-order valence-corrected chi connectivity index (χ1v) is 11.0. The van der Waals surface area contributed by atoms with E-state index in [2.05, 4.69) is 25.3 Å². The van der Waals surface area contributed by atoms with Crippen LogP contribution in [0.5, 0.6) is 5.88 Å². The molecule has 0 spiro atoms. The van der Waals surface area contributed by atoms with E-state index < -0.39 is 11.7 Å². The van der Waals surface area contributed by atoms with Crippen molar-refractivity contribution < 1.29 is 27.4 Å². The number of carbonyl (C=O) groups excluding carboxylic acids is 1. The van der Waals surface area contributed by atoms with Crippen LogP contribution in [0.3, 0.4) is 0 Å². The Kier molecular flexibility index (Phi) is 8.54. The second-order valence-electron chi connectivity index (χ2n) is 8.25. The molecule has 34 heavy (non-hydrogen) atoms. The second-order valence-corrected chi connectivity index (χ2v) is 8.25. The standard InChI is InChI=1S/C23H28F3N5O3/c1-14(31-15(2)32)13-33-19-4-6-20(7-5-19)34-22-17(9-27-3)8-16(10-30-22)21-28-11-18(12-29-21)23(24,25)26/h8-12,14,19-20H,4-7,13H2,1-3H3,(H,31,32)/t14-,19?,20?/m0/s1. The molecule has 1 aliphatic carbocycles. The van der Waals surface area contributed by atoms with Crippen molar-refractivity contribution in [1.29, 1.82) is 0 Å². The van der Waals surface area contributed by atoms with Crippen LogP contribution in [0, 0.1) is 0 Å². The highest BCUT2D eigenvalue weighted by Crippen LogP contribution is 2.30. The number of aromatic nitrogens is 3. The number of aliphatic imine (C=N–C) groups is 1. The van der Waals surface area contributed by atoms with Crippen LogP contribution in [0.15, 0.2) is 29.6 Å². The molecule has 1 N–H and O–H groups in total. The van der Waals surface area contributed by atoms with E-state index in [-0.39, 0.29) is 30.0 Å². The fourth-order valence-electron chi connectivity index (χ4n) is 3.69. The number of nitrogens with zero attached hydrogens (tertiary/aromatic N) is 4. The minimum absolute atomic E-state index is 0.0428. The molecule has 11 heteroatoms. The Morgan fingerprint density at radius 3 is 2.41 bits per heavy atom. The first kappa shape index (κ1) is 25.5. The van der Waals surface area contributed by atoms with E-state index in [1.807, 2.05) is 6.92 Å². The van der Waals surface area contributed by atoms with E-state index in [0.29, 0.717) is 23.6 Å². The monoisotopic (exact) mass is 479 g/mol. The quantitative estimate of drug-likeness (QED) is 0.578. The number of alkyl halides is 3. The molecule has 0 aliphatic heterocycles.